The maximum absolute atomic E-state index is 10.5. The molecule has 0 radical (unpaired) electrons. The molecule has 4 heteroatoms. The number of thiophene rings is 1. The molecule has 0 atom stereocenters. The minimum absolute atomic E-state index is 0.408. The fraction of sp³-hybridized carbons (Fsp3) is 0.714. The molecule has 0 aliphatic heterocycles. The van der Waals surface area contributed by atoms with Crippen molar-refractivity contribution in [2.45, 2.75) is 51.7 Å². The van der Waals surface area contributed by atoms with Crippen molar-refractivity contribution in [2.24, 2.45) is 5.41 Å². The molecule has 1 fully saturated rings. The van der Waals surface area contributed by atoms with Gasteiger partial charge in [0.1, 0.15) is 0 Å². The van der Waals surface area contributed by atoms with Crippen LogP contribution in [0, 0.1) is 5.41 Å². The van der Waals surface area contributed by atoms with Gasteiger partial charge in [-0.25, -0.2) is 0 Å². The highest BCUT2D eigenvalue weighted by Gasteiger charge is 2.36. The van der Waals surface area contributed by atoms with Gasteiger partial charge < -0.3 is 10.4 Å². The van der Waals surface area contributed by atoms with Crippen LogP contribution in [0.15, 0.2) is 15.9 Å². The zero-order valence-electron chi connectivity index (χ0n) is 11.1. The third kappa shape index (κ3) is 4.05. The smallest absolute Gasteiger partial charge is 0.0772 e. The van der Waals surface area contributed by atoms with Gasteiger partial charge in [0.05, 0.1) is 5.60 Å². The summed E-state index contributed by atoms with van der Waals surface area (Å²) in [5.74, 6) is 0. The summed E-state index contributed by atoms with van der Waals surface area (Å²) in [7, 11) is 0. The van der Waals surface area contributed by atoms with Crippen LogP contribution in [0.3, 0.4) is 0 Å². The van der Waals surface area contributed by atoms with Crippen LogP contribution in [-0.2, 0) is 6.54 Å². The molecule has 0 amide bonds. The number of hydrogen-bond donors (Lipinski definition) is 2. The molecule has 1 aromatic rings. The van der Waals surface area contributed by atoms with Gasteiger partial charge in [0, 0.05) is 27.8 Å². The first kappa shape index (κ1) is 14.5. The Hall–Kier alpha value is 0.1000. The lowest BCUT2D eigenvalue weighted by Gasteiger charge is -2.40. The third-order valence-electron chi connectivity index (χ3n) is 3.91. The van der Waals surface area contributed by atoms with Gasteiger partial charge in [-0.05, 0) is 53.1 Å². The summed E-state index contributed by atoms with van der Waals surface area (Å²) in [5.41, 5.74) is -0.0884. The molecule has 1 aromatic heterocycles. The van der Waals surface area contributed by atoms with E-state index in [0.717, 1.165) is 36.7 Å². The van der Waals surface area contributed by atoms with Crippen LogP contribution >= 0.6 is 27.3 Å². The van der Waals surface area contributed by atoms with E-state index in [1.165, 1.54) is 4.88 Å². The van der Waals surface area contributed by atoms with Crippen LogP contribution in [0.5, 0.6) is 0 Å². The van der Waals surface area contributed by atoms with E-state index in [9.17, 15) is 5.11 Å². The number of nitrogens with one attached hydrogen (secondary N) is 1. The predicted molar refractivity (Wildman–Crippen MR) is 80.9 cm³/mol. The highest BCUT2D eigenvalue weighted by atomic mass is 79.9. The largest absolute Gasteiger partial charge is 0.389 e. The van der Waals surface area contributed by atoms with Crippen molar-refractivity contribution < 1.29 is 5.11 Å². The highest BCUT2D eigenvalue weighted by Crippen LogP contribution is 2.39. The van der Waals surface area contributed by atoms with Crippen molar-refractivity contribution in [3.63, 3.8) is 0 Å². The zero-order valence-corrected chi connectivity index (χ0v) is 13.5. The summed E-state index contributed by atoms with van der Waals surface area (Å²) >= 11 is 5.20. The van der Waals surface area contributed by atoms with Crippen LogP contribution in [0.25, 0.3) is 0 Å². The minimum Gasteiger partial charge on any atom is -0.389 e. The van der Waals surface area contributed by atoms with Crippen molar-refractivity contribution in [2.75, 3.05) is 6.54 Å². The van der Waals surface area contributed by atoms with Gasteiger partial charge in [0.2, 0.25) is 0 Å². The second kappa shape index (κ2) is 5.61. The summed E-state index contributed by atoms with van der Waals surface area (Å²) in [6.07, 6.45) is 4.08. The van der Waals surface area contributed by atoms with Crippen molar-refractivity contribution in [1.82, 2.24) is 5.32 Å². The monoisotopic (exact) mass is 331 g/mol. The lowest BCUT2D eigenvalue weighted by molar-refractivity contribution is -0.0244. The second-order valence-electron chi connectivity index (χ2n) is 6.22. The van der Waals surface area contributed by atoms with E-state index in [1.807, 2.05) is 0 Å². The molecule has 0 aromatic carbocycles. The Morgan fingerprint density at radius 3 is 2.56 bits per heavy atom. The molecule has 0 spiro atoms. The van der Waals surface area contributed by atoms with Gasteiger partial charge in [-0.2, -0.15) is 0 Å². The van der Waals surface area contributed by atoms with Gasteiger partial charge in [-0.15, -0.1) is 11.3 Å². The zero-order chi connectivity index (χ0) is 13.2. The van der Waals surface area contributed by atoms with E-state index in [2.05, 4.69) is 46.5 Å². The molecule has 1 aliphatic carbocycles. The Balaban J connectivity index is 1.76. The fourth-order valence-corrected chi connectivity index (χ4v) is 3.85. The molecule has 2 N–H and O–H groups in total. The van der Waals surface area contributed by atoms with Crippen LogP contribution in [0.4, 0.5) is 0 Å². The van der Waals surface area contributed by atoms with Crippen molar-refractivity contribution in [3.8, 4) is 0 Å². The standard InChI is InChI=1S/C14H22BrNOS/c1-13(2)3-5-14(17,6-4-13)10-16-8-12-7-11(15)9-18-12/h7,9,16-17H,3-6,8,10H2,1-2H3. The summed E-state index contributed by atoms with van der Waals surface area (Å²) in [4.78, 5) is 1.31. The maximum Gasteiger partial charge on any atom is 0.0772 e. The Labute approximate surface area is 122 Å². The Morgan fingerprint density at radius 2 is 2.00 bits per heavy atom. The molecule has 2 nitrogen and oxygen atoms in total. The number of halogens is 1. The first-order valence-electron chi connectivity index (χ1n) is 6.55. The SMILES string of the molecule is CC1(C)CCC(O)(CNCc2cc(Br)cs2)CC1. The van der Waals surface area contributed by atoms with E-state index in [0.29, 0.717) is 12.0 Å². The fourth-order valence-electron chi connectivity index (χ4n) is 2.43. The molecule has 1 aliphatic rings. The quantitative estimate of drug-likeness (QED) is 0.876. The van der Waals surface area contributed by atoms with Crippen LogP contribution in [0.2, 0.25) is 0 Å². The first-order chi connectivity index (χ1) is 8.39. The van der Waals surface area contributed by atoms with Crippen molar-refractivity contribution >= 4 is 27.3 Å². The summed E-state index contributed by atoms with van der Waals surface area (Å²) in [5, 5.41) is 16.0. The molecular weight excluding hydrogens is 310 g/mol. The third-order valence-corrected chi connectivity index (χ3v) is 5.61. The van der Waals surface area contributed by atoms with Gasteiger partial charge >= 0.3 is 0 Å². The molecule has 1 saturated carbocycles. The molecule has 18 heavy (non-hydrogen) atoms. The Kier molecular flexibility index (Phi) is 4.52. The average Bonchev–Trinajstić information content (AvgIpc) is 2.70. The molecular formula is C14H22BrNOS. The van der Waals surface area contributed by atoms with Crippen LogP contribution in [0.1, 0.15) is 44.4 Å². The van der Waals surface area contributed by atoms with Crippen molar-refractivity contribution in [3.05, 3.63) is 20.8 Å². The van der Waals surface area contributed by atoms with E-state index < -0.39 is 5.60 Å². The van der Waals surface area contributed by atoms with Gasteiger partial charge in [-0.1, -0.05) is 13.8 Å². The summed E-state index contributed by atoms with van der Waals surface area (Å²) < 4.78 is 1.14. The lowest BCUT2D eigenvalue weighted by atomic mass is 9.71. The number of rotatable bonds is 4. The first-order valence-corrected chi connectivity index (χ1v) is 8.22. The van der Waals surface area contributed by atoms with E-state index in [-0.39, 0.29) is 0 Å². The lowest BCUT2D eigenvalue weighted by Crippen LogP contribution is -2.44. The molecule has 2 rings (SSSR count). The predicted octanol–water partition coefficient (Wildman–Crippen LogP) is 3.93. The highest BCUT2D eigenvalue weighted by molar-refractivity contribution is 9.10. The van der Waals surface area contributed by atoms with Crippen LogP contribution in [-0.4, -0.2) is 17.3 Å². The van der Waals surface area contributed by atoms with E-state index in [1.54, 1.807) is 11.3 Å². The molecule has 1 heterocycles. The summed E-state index contributed by atoms with van der Waals surface area (Å²) in [6.45, 7) is 6.15. The Morgan fingerprint density at radius 1 is 1.33 bits per heavy atom. The topological polar surface area (TPSA) is 32.3 Å². The molecule has 0 unspecified atom stereocenters. The average molecular weight is 332 g/mol. The van der Waals surface area contributed by atoms with Gasteiger partial charge in [-0.3, -0.25) is 0 Å². The van der Waals surface area contributed by atoms with Crippen molar-refractivity contribution in [1.29, 1.82) is 0 Å². The van der Waals surface area contributed by atoms with Crippen LogP contribution < -0.4 is 5.32 Å². The molecule has 102 valence electrons. The molecule has 0 saturated heterocycles. The maximum atomic E-state index is 10.5. The minimum atomic E-state index is -0.496. The summed E-state index contributed by atoms with van der Waals surface area (Å²) in [6, 6.07) is 2.13. The number of hydrogen-bond acceptors (Lipinski definition) is 3. The molecule has 0 bridgehead atoms. The number of aliphatic hydroxyl groups is 1. The van der Waals surface area contributed by atoms with Gasteiger partial charge in [0.25, 0.3) is 0 Å². The van der Waals surface area contributed by atoms with Gasteiger partial charge in [0.15, 0.2) is 0 Å². The second-order valence-corrected chi connectivity index (χ2v) is 8.13. The normalized spacial score (nSPS) is 22.0. The van der Waals surface area contributed by atoms with E-state index in [4.69, 9.17) is 0 Å². The Bertz CT molecular complexity index is 392. The van der Waals surface area contributed by atoms with E-state index >= 15 is 0 Å².